The number of carbonyl (C=O) groups excluding carboxylic acids is 1. The molecule has 0 aliphatic carbocycles. The summed E-state index contributed by atoms with van der Waals surface area (Å²) < 4.78 is 12.3. The van der Waals surface area contributed by atoms with Crippen LogP contribution in [0.1, 0.15) is 46.6 Å². The molecular formula is C19H27BN2O3. The first-order valence-electron chi connectivity index (χ1n) is 8.78. The molecule has 1 aromatic carbocycles. The SMILES string of the molecule is CC(=O)[C@@H](N)Cc1c[nH]c2ccc(B3OC(C)(C)CC(C)(C)O3)cc12. The molecule has 3 rings (SSSR count). The lowest BCUT2D eigenvalue weighted by Gasteiger charge is -2.44. The Morgan fingerprint density at radius 3 is 2.52 bits per heavy atom. The average molecular weight is 342 g/mol. The van der Waals surface area contributed by atoms with E-state index in [0.717, 1.165) is 28.4 Å². The Labute approximate surface area is 149 Å². The number of hydrogen-bond donors (Lipinski definition) is 2. The topological polar surface area (TPSA) is 77.3 Å². The Hall–Kier alpha value is -1.63. The van der Waals surface area contributed by atoms with E-state index in [1.165, 1.54) is 6.92 Å². The minimum Gasteiger partial charge on any atom is -0.402 e. The van der Waals surface area contributed by atoms with Gasteiger partial charge in [-0.2, -0.15) is 0 Å². The summed E-state index contributed by atoms with van der Waals surface area (Å²) >= 11 is 0. The van der Waals surface area contributed by atoms with Crippen molar-refractivity contribution >= 4 is 29.3 Å². The molecular weight excluding hydrogens is 315 g/mol. The maximum absolute atomic E-state index is 11.5. The number of aromatic amines is 1. The Morgan fingerprint density at radius 2 is 1.92 bits per heavy atom. The highest BCUT2D eigenvalue weighted by Crippen LogP contribution is 2.33. The summed E-state index contributed by atoms with van der Waals surface area (Å²) in [7, 11) is -0.410. The summed E-state index contributed by atoms with van der Waals surface area (Å²) in [6, 6.07) is 5.64. The molecule has 1 saturated heterocycles. The molecule has 0 amide bonds. The van der Waals surface area contributed by atoms with Crippen LogP contribution in [0.2, 0.25) is 0 Å². The summed E-state index contributed by atoms with van der Waals surface area (Å²) in [5, 5.41) is 1.06. The maximum Gasteiger partial charge on any atom is 0.494 e. The van der Waals surface area contributed by atoms with Crippen molar-refractivity contribution in [2.45, 2.75) is 64.7 Å². The highest BCUT2D eigenvalue weighted by Gasteiger charge is 2.43. The molecule has 0 bridgehead atoms. The van der Waals surface area contributed by atoms with Gasteiger partial charge < -0.3 is 20.0 Å². The third kappa shape index (κ3) is 3.97. The number of rotatable bonds is 4. The largest absolute Gasteiger partial charge is 0.494 e. The van der Waals surface area contributed by atoms with Gasteiger partial charge in [0.25, 0.3) is 0 Å². The summed E-state index contributed by atoms with van der Waals surface area (Å²) in [5.74, 6) is -0.00653. The molecule has 0 spiro atoms. The molecule has 0 saturated carbocycles. The van der Waals surface area contributed by atoms with Gasteiger partial charge in [0.05, 0.1) is 17.2 Å². The predicted molar refractivity (Wildman–Crippen MR) is 101 cm³/mol. The Morgan fingerprint density at radius 1 is 1.28 bits per heavy atom. The van der Waals surface area contributed by atoms with Crippen molar-refractivity contribution in [3.8, 4) is 0 Å². The first-order valence-corrected chi connectivity index (χ1v) is 8.78. The van der Waals surface area contributed by atoms with E-state index in [2.05, 4.69) is 38.7 Å². The fourth-order valence-electron chi connectivity index (χ4n) is 3.74. The first kappa shape index (κ1) is 18.2. The van der Waals surface area contributed by atoms with Gasteiger partial charge in [0, 0.05) is 23.5 Å². The van der Waals surface area contributed by atoms with Gasteiger partial charge in [-0.3, -0.25) is 4.79 Å². The second kappa shape index (κ2) is 6.27. The van der Waals surface area contributed by atoms with Crippen molar-refractivity contribution in [1.29, 1.82) is 0 Å². The van der Waals surface area contributed by atoms with Crippen LogP contribution in [0.4, 0.5) is 0 Å². The van der Waals surface area contributed by atoms with E-state index in [4.69, 9.17) is 15.0 Å². The lowest BCUT2D eigenvalue weighted by molar-refractivity contribution is -0.118. The molecule has 25 heavy (non-hydrogen) atoms. The zero-order chi connectivity index (χ0) is 18.4. The molecule has 2 aromatic rings. The number of hydrogen-bond acceptors (Lipinski definition) is 4. The zero-order valence-electron chi connectivity index (χ0n) is 15.7. The van der Waals surface area contributed by atoms with Gasteiger partial charge in [-0.25, -0.2) is 0 Å². The fraction of sp³-hybridized carbons (Fsp3) is 0.526. The average Bonchev–Trinajstić information content (AvgIpc) is 2.86. The second-order valence-corrected chi connectivity index (χ2v) is 8.30. The number of Topliss-reactive ketones (excluding diaryl/α,β-unsaturated/α-hetero) is 1. The van der Waals surface area contributed by atoms with E-state index in [1.807, 2.05) is 18.3 Å². The van der Waals surface area contributed by atoms with E-state index in [-0.39, 0.29) is 17.0 Å². The predicted octanol–water partition coefficient (Wildman–Crippen LogP) is 2.32. The number of carbonyl (C=O) groups is 1. The summed E-state index contributed by atoms with van der Waals surface area (Å²) in [6.07, 6.45) is 3.28. The van der Waals surface area contributed by atoms with Gasteiger partial charge in [0.15, 0.2) is 0 Å². The van der Waals surface area contributed by atoms with Gasteiger partial charge in [-0.05, 0) is 58.1 Å². The minimum atomic E-state index is -0.484. The van der Waals surface area contributed by atoms with Crippen LogP contribution in [0.5, 0.6) is 0 Å². The van der Waals surface area contributed by atoms with Crippen LogP contribution in [0, 0.1) is 0 Å². The Balaban J connectivity index is 1.94. The van der Waals surface area contributed by atoms with Crippen molar-refractivity contribution in [3.63, 3.8) is 0 Å². The van der Waals surface area contributed by atoms with E-state index < -0.39 is 13.2 Å². The maximum atomic E-state index is 11.5. The van der Waals surface area contributed by atoms with Crippen LogP contribution in [0.25, 0.3) is 10.9 Å². The molecule has 1 fully saturated rings. The first-order chi connectivity index (χ1) is 11.6. The van der Waals surface area contributed by atoms with Crippen LogP contribution in [0.3, 0.4) is 0 Å². The summed E-state index contributed by atoms with van der Waals surface area (Å²) in [6.45, 7) is 9.90. The molecule has 3 N–H and O–H groups in total. The summed E-state index contributed by atoms with van der Waals surface area (Å²) in [4.78, 5) is 14.7. The number of benzene rings is 1. The Kier molecular flexibility index (Phi) is 4.56. The van der Waals surface area contributed by atoms with Crippen LogP contribution in [-0.4, -0.2) is 35.1 Å². The van der Waals surface area contributed by atoms with Crippen LogP contribution >= 0.6 is 0 Å². The molecule has 5 nitrogen and oxygen atoms in total. The molecule has 0 radical (unpaired) electrons. The van der Waals surface area contributed by atoms with Gasteiger partial charge in [-0.1, -0.05) is 12.1 Å². The lowest BCUT2D eigenvalue weighted by Crippen LogP contribution is -2.56. The van der Waals surface area contributed by atoms with Gasteiger partial charge in [-0.15, -0.1) is 0 Å². The van der Waals surface area contributed by atoms with Crippen molar-refractivity contribution in [2.24, 2.45) is 5.73 Å². The highest BCUT2D eigenvalue weighted by atomic mass is 16.6. The van der Waals surface area contributed by atoms with Gasteiger partial charge in [0.1, 0.15) is 5.78 Å². The minimum absolute atomic E-state index is 0.00653. The smallest absolute Gasteiger partial charge is 0.402 e. The molecule has 6 heteroatoms. The quantitative estimate of drug-likeness (QED) is 0.836. The van der Waals surface area contributed by atoms with Crippen molar-refractivity contribution in [2.75, 3.05) is 0 Å². The number of ketones is 1. The number of nitrogens with two attached hydrogens (primary N) is 1. The molecule has 1 atom stereocenters. The normalized spacial score (nSPS) is 20.6. The monoisotopic (exact) mass is 342 g/mol. The van der Waals surface area contributed by atoms with Crippen LogP contribution in [0.15, 0.2) is 24.4 Å². The number of nitrogens with one attached hydrogen (secondary N) is 1. The van der Waals surface area contributed by atoms with E-state index >= 15 is 0 Å². The molecule has 1 aliphatic heterocycles. The van der Waals surface area contributed by atoms with E-state index in [1.54, 1.807) is 0 Å². The number of fused-ring (bicyclic) bond motifs is 1. The standard InChI is InChI=1S/C19H27BN2O3/c1-12(23)16(21)8-13-10-22-17-7-6-14(9-15(13)17)20-24-18(2,3)11-19(4,5)25-20/h6-7,9-10,16,22H,8,11,21H2,1-5H3/t16-/m0/s1. The highest BCUT2D eigenvalue weighted by molar-refractivity contribution is 6.62. The third-order valence-electron chi connectivity index (χ3n) is 4.73. The van der Waals surface area contributed by atoms with Crippen molar-refractivity contribution in [1.82, 2.24) is 4.98 Å². The van der Waals surface area contributed by atoms with E-state index in [0.29, 0.717) is 6.42 Å². The number of aromatic nitrogens is 1. The zero-order valence-corrected chi connectivity index (χ0v) is 15.7. The number of H-pyrrole nitrogens is 1. The van der Waals surface area contributed by atoms with Crippen molar-refractivity contribution < 1.29 is 14.1 Å². The summed E-state index contributed by atoms with van der Waals surface area (Å²) in [5.41, 5.74) is 8.47. The van der Waals surface area contributed by atoms with Crippen molar-refractivity contribution in [3.05, 3.63) is 30.0 Å². The second-order valence-electron chi connectivity index (χ2n) is 8.30. The molecule has 1 aromatic heterocycles. The molecule has 1 aliphatic rings. The fourth-order valence-corrected chi connectivity index (χ4v) is 3.74. The van der Waals surface area contributed by atoms with Crippen LogP contribution < -0.4 is 11.2 Å². The van der Waals surface area contributed by atoms with Gasteiger partial charge in [0.2, 0.25) is 0 Å². The van der Waals surface area contributed by atoms with E-state index in [9.17, 15) is 4.79 Å². The molecule has 0 unspecified atom stereocenters. The lowest BCUT2D eigenvalue weighted by atomic mass is 9.72. The molecule has 2 heterocycles. The third-order valence-corrected chi connectivity index (χ3v) is 4.73. The van der Waals surface area contributed by atoms with Gasteiger partial charge >= 0.3 is 7.12 Å². The molecule has 134 valence electrons. The Bertz CT molecular complexity index is 781. The van der Waals surface area contributed by atoms with Crippen LogP contribution in [-0.2, 0) is 20.5 Å².